The fraction of sp³-hybridized carbons (Fsp3) is 0.250. The van der Waals surface area contributed by atoms with Crippen LogP contribution in [0, 0.1) is 0 Å². The maximum absolute atomic E-state index is 12.4. The molecular formula is C16H19N3O2. The van der Waals surface area contributed by atoms with Crippen molar-refractivity contribution in [1.29, 1.82) is 0 Å². The van der Waals surface area contributed by atoms with Crippen molar-refractivity contribution < 1.29 is 9.59 Å². The van der Waals surface area contributed by atoms with Gasteiger partial charge in [-0.15, -0.1) is 0 Å². The Hall–Kier alpha value is -2.56. The van der Waals surface area contributed by atoms with Crippen molar-refractivity contribution in [1.82, 2.24) is 5.32 Å². The highest BCUT2D eigenvalue weighted by atomic mass is 16.2. The first-order valence-corrected chi connectivity index (χ1v) is 6.67. The highest BCUT2D eigenvalue weighted by Gasteiger charge is 2.24. The van der Waals surface area contributed by atoms with Crippen molar-refractivity contribution in [3.63, 3.8) is 0 Å². The Bertz CT molecular complexity index is 708. The topological polar surface area (TPSA) is 98.2 Å². The predicted octanol–water partition coefficient (Wildman–Crippen LogP) is 1.81. The van der Waals surface area contributed by atoms with Crippen molar-refractivity contribution in [3.05, 3.63) is 42.0 Å². The van der Waals surface area contributed by atoms with Crippen molar-refractivity contribution >= 4 is 28.3 Å². The number of nitrogens with one attached hydrogen (secondary N) is 1. The molecule has 5 N–H and O–H groups in total. The minimum absolute atomic E-state index is 0.0617. The Kier molecular flexibility index (Phi) is 3.84. The standard InChI is InChI=1S/C16H19N3O2/c1-16(2,9-14(18)20)19-15(21)12-7-10-5-3-4-6-11(10)8-13(12)17/h3-8H,9,17H2,1-2H3,(H2,18,20)(H,19,21). The number of nitrogen functional groups attached to an aromatic ring is 1. The molecule has 0 heterocycles. The minimum Gasteiger partial charge on any atom is -0.398 e. The molecule has 21 heavy (non-hydrogen) atoms. The average molecular weight is 285 g/mol. The van der Waals surface area contributed by atoms with Crippen LogP contribution in [-0.2, 0) is 4.79 Å². The van der Waals surface area contributed by atoms with Crippen LogP contribution < -0.4 is 16.8 Å². The summed E-state index contributed by atoms with van der Waals surface area (Å²) in [6.07, 6.45) is 0.0617. The van der Waals surface area contributed by atoms with Gasteiger partial charge in [-0.25, -0.2) is 0 Å². The molecule has 5 nitrogen and oxygen atoms in total. The van der Waals surface area contributed by atoms with Crippen molar-refractivity contribution in [2.24, 2.45) is 5.73 Å². The lowest BCUT2D eigenvalue weighted by molar-refractivity contribution is -0.119. The van der Waals surface area contributed by atoms with Gasteiger partial charge in [-0.05, 0) is 36.8 Å². The van der Waals surface area contributed by atoms with Crippen LogP contribution in [0.3, 0.4) is 0 Å². The lowest BCUT2D eigenvalue weighted by atomic mass is 9.98. The van der Waals surface area contributed by atoms with E-state index in [-0.39, 0.29) is 12.3 Å². The van der Waals surface area contributed by atoms with Crippen LogP contribution in [0.5, 0.6) is 0 Å². The fourth-order valence-electron chi connectivity index (χ4n) is 2.31. The molecular weight excluding hydrogens is 266 g/mol. The number of primary amides is 1. The number of amides is 2. The van der Waals surface area contributed by atoms with E-state index in [1.807, 2.05) is 24.3 Å². The van der Waals surface area contributed by atoms with Crippen LogP contribution in [0.15, 0.2) is 36.4 Å². The van der Waals surface area contributed by atoms with Gasteiger partial charge in [0.25, 0.3) is 5.91 Å². The average Bonchev–Trinajstić information content (AvgIpc) is 2.35. The Morgan fingerprint density at radius 1 is 1.14 bits per heavy atom. The lowest BCUT2D eigenvalue weighted by Crippen LogP contribution is -2.46. The molecule has 2 amide bonds. The van der Waals surface area contributed by atoms with Gasteiger partial charge in [-0.1, -0.05) is 24.3 Å². The number of carbonyl (C=O) groups excluding carboxylic acids is 2. The predicted molar refractivity (Wildman–Crippen MR) is 83.7 cm³/mol. The highest BCUT2D eigenvalue weighted by Crippen LogP contribution is 2.22. The van der Waals surface area contributed by atoms with Crippen LogP contribution >= 0.6 is 0 Å². The third-order valence-electron chi connectivity index (χ3n) is 3.23. The summed E-state index contributed by atoms with van der Waals surface area (Å²) in [5.41, 5.74) is 11.2. The van der Waals surface area contributed by atoms with Crippen LogP contribution in [0.4, 0.5) is 5.69 Å². The van der Waals surface area contributed by atoms with Crippen molar-refractivity contribution in [2.75, 3.05) is 5.73 Å². The van der Waals surface area contributed by atoms with Gasteiger partial charge in [0, 0.05) is 17.6 Å². The molecule has 0 aliphatic heterocycles. The largest absolute Gasteiger partial charge is 0.398 e. The summed E-state index contributed by atoms with van der Waals surface area (Å²) < 4.78 is 0. The molecule has 0 aliphatic carbocycles. The van der Waals surface area contributed by atoms with E-state index in [1.54, 1.807) is 26.0 Å². The molecule has 0 fully saturated rings. The number of benzene rings is 2. The van der Waals surface area contributed by atoms with Gasteiger partial charge in [-0.2, -0.15) is 0 Å². The Morgan fingerprint density at radius 3 is 2.29 bits per heavy atom. The van der Waals surface area contributed by atoms with Crippen molar-refractivity contribution in [2.45, 2.75) is 25.8 Å². The Balaban J connectivity index is 2.31. The lowest BCUT2D eigenvalue weighted by Gasteiger charge is -2.25. The van der Waals surface area contributed by atoms with Crippen LogP contribution in [-0.4, -0.2) is 17.4 Å². The monoisotopic (exact) mass is 285 g/mol. The van der Waals surface area contributed by atoms with E-state index in [0.717, 1.165) is 10.8 Å². The summed E-state index contributed by atoms with van der Waals surface area (Å²) in [6.45, 7) is 3.49. The molecule has 110 valence electrons. The molecule has 0 atom stereocenters. The van der Waals surface area contributed by atoms with Gasteiger partial charge in [0.15, 0.2) is 0 Å². The number of carbonyl (C=O) groups is 2. The zero-order valence-corrected chi connectivity index (χ0v) is 12.1. The summed E-state index contributed by atoms with van der Waals surface area (Å²) >= 11 is 0. The maximum Gasteiger partial charge on any atom is 0.253 e. The summed E-state index contributed by atoms with van der Waals surface area (Å²) in [5, 5.41) is 4.70. The van der Waals surface area contributed by atoms with Gasteiger partial charge in [0.05, 0.1) is 5.56 Å². The Morgan fingerprint density at radius 2 is 1.71 bits per heavy atom. The quantitative estimate of drug-likeness (QED) is 0.747. The van der Waals surface area contributed by atoms with E-state index in [0.29, 0.717) is 11.3 Å². The molecule has 0 saturated heterocycles. The Labute approximate surface area is 123 Å². The number of hydrogen-bond donors (Lipinski definition) is 3. The molecule has 2 aromatic carbocycles. The molecule has 2 rings (SSSR count). The van der Waals surface area contributed by atoms with Crippen molar-refractivity contribution in [3.8, 4) is 0 Å². The molecule has 0 aliphatic rings. The molecule has 0 spiro atoms. The van der Waals surface area contributed by atoms with E-state index >= 15 is 0 Å². The molecule has 5 heteroatoms. The second-order valence-electron chi connectivity index (χ2n) is 5.77. The number of nitrogens with two attached hydrogens (primary N) is 2. The normalized spacial score (nSPS) is 11.3. The van der Waals surface area contributed by atoms with E-state index < -0.39 is 11.4 Å². The summed E-state index contributed by atoms with van der Waals surface area (Å²) in [7, 11) is 0. The second-order valence-corrected chi connectivity index (χ2v) is 5.77. The number of fused-ring (bicyclic) bond motifs is 1. The van der Waals surface area contributed by atoms with Gasteiger partial charge >= 0.3 is 0 Å². The molecule has 0 aromatic heterocycles. The van der Waals surface area contributed by atoms with E-state index in [9.17, 15) is 9.59 Å². The van der Waals surface area contributed by atoms with Gasteiger partial charge in [0.1, 0.15) is 0 Å². The number of hydrogen-bond acceptors (Lipinski definition) is 3. The maximum atomic E-state index is 12.4. The third kappa shape index (κ3) is 3.51. The number of rotatable bonds is 4. The first kappa shape index (κ1) is 14.8. The SMILES string of the molecule is CC(C)(CC(N)=O)NC(=O)c1cc2ccccc2cc1N. The molecule has 0 bridgehead atoms. The van der Waals surface area contributed by atoms with E-state index in [1.165, 1.54) is 0 Å². The molecule has 0 unspecified atom stereocenters. The molecule has 0 radical (unpaired) electrons. The van der Waals surface area contributed by atoms with Crippen LogP contribution in [0.1, 0.15) is 30.6 Å². The molecule has 2 aromatic rings. The first-order chi connectivity index (χ1) is 9.78. The zero-order chi connectivity index (χ0) is 15.6. The molecule has 0 saturated carbocycles. The first-order valence-electron chi connectivity index (χ1n) is 6.67. The van der Waals surface area contributed by atoms with Gasteiger partial charge in [0.2, 0.25) is 5.91 Å². The van der Waals surface area contributed by atoms with Gasteiger partial charge < -0.3 is 16.8 Å². The van der Waals surface area contributed by atoms with Gasteiger partial charge in [-0.3, -0.25) is 9.59 Å². The minimum atomic E-state index is -0.721. The highest BCUT2D eigenvalue weighted by molar-refractivity contribution is 6.04. The van der Waals surface area contributed by atoms with Crippen LogP contribution in [0.25, 0.3) is 10.8 Å². The summed E-state index contributed by atoms with van der Waals surface area (Å²) in [6, 6.07) is 11.2. The summed E-state index contributed by atoms with van der Waals surface area (Å²) in [4.78, 5) is 23.4. The van der Waals surface area contributed by atoms with E-state index in [4.69, 9.17) is 11.5 Å². The fourth-order valence-corrected chi connectivity index (χ4v) is 2.31. The van der Waals surface area contributed by atoms with Crippen LogP contribution in [0.2, 0.25) is 0 Å². The van der Waals surface area contributed by atoms with E-state index in [2.05, 4.69) is 5.32 Å². The third-order valence-corrected chi connectivity index (χ3v) is 3.23. The smallest absolute Gasteiger partial charge is 0.253 e. The summed E-state index contributed by atoms with van der Waals surface area (Å²) in [5.74, 6) is -0.781. The number of anilines is 1. The second kappa shape index (κ2) is 5.44. The zero-order valence-electron chi connectivity index (χ0n) is 12.1.